The molecule has 10 atom stereocenters. The van der Waals surface area contributed by atoms with Crippen LogP contribution in [0.1, 0.15) is 18.6 Å². The van der Waals surface area contributed by atoms with Gasteiger partial charge in [0.15, 0.2) is 23.2 Å². The van der Waals surface area contributed by atoms with Gasteiger partial charge in [-0.1, -0.05) is 5.75 Å². The summed E-state index contributed by atoms with van der Waals surface area (Å²) in [6.45, 7) is 0.537. The molecule has 0 amide bonds. The lowest BCUT2D eigenvalue weighted by Crippen LogP contribution is -2.61. The first-order valence-corrected chi connectivity index (χ1v) is 12.8. The SMILES string of the molecule is C[C@@H]1OC(O[C@@H]2[C@@H](O)[C@H](O)[C@@H](CO)O[C@H]2c2c(O)cc3oc(-c4ccc(O)c(O)c4)cc(=O)c3c2[O-])[C@H](O)[C@H](O)[C@H]1O. The maximum Gasteiger partial charge on any atom is 0.192 e. The van der Waals surface area contributed by atoms with Crippen molar-refractivity contribution < 1.29 is 69.7 Å². The number of aliphatic hydroxyl groups excluding tert-OH is 6. The molecule has 228 valence electrons. The van der Waals surface area contributed by atoms with Gasteiger partial charge in [0.1, 0.15) is 65.9 Å². The van der Waals surface area contributed by atoms with E-state index in [0.29, 0.717) is 0 Å². The zero-order valence-electron chi connectivity index (χ0n) is 21.8. The molecule has 0 aliphatic carbocycles. The standard InChI is InChI=1S/C27H30O15/c1-8-19(33)22(36)24(38)27(39-8)42-26-23(37)20(34)16(7-28)41-25(26)18-13(32)6-15-17(21(18)35)12(31)5-14(40-15)9-2-3-10(29)11(30)4-9/h2-6,8,16,19-20,22-30,32-38H,7H2,1H3/p-1/t8-,16+,19-,20+,22+,23-,24+,25-,26+,27?/m0/s1. The van der Waals surface area contributed by atoms with Crippen LogP contribution < -0.4 is 10.5 Å². The highest BCUT2D eigenvalue weighted by Crippen LogP contribution is 2.45. The van der Waals surface area contributed by atoms with Gasteiger partial charge in [-0.05, 0) is 25.1 Å². The quantitative estimate of drug-likeness (QED) is 0.145. The van der Waals surface area contributed by atoms with E-state index in [1.807, 2.05) is 0 Å². The Bertz CT molecular complexity index is 1520. The van der Waals surface area contributed by atoms with Gasteiger partial charge in [-0.15, -0.1) is 0 Å². The highest BCUT2D eigenvalue weighted by Gasteiger charge is 2.51. The third-order valence-electron chi connectivity index (χ3n) is 7.50. The van der Waals surface area contributed by atoms with Gasteiger partial charge in [0, 0.05) is 23.3 Å². The number of phenols is 3. The molecule has 1 aromatic heterocycles. The van der Waals surface area contributed by atoms with Crippen molar-refractivity contribution >= 4 is 11.0 Å². The number of hydrogen-bond acceptors (Lipinski definition) is 15. The van der Waals surface area contributed by atoms with E-state index in [0.717, 1.165) is 24.3 Å². The smallest absolute Gasteiger partial charge is 0.192 e. The first kappa shape index (κ1) is 30.0. The molecule has 2 aliphatic rings. The molecule has 5 rings (SSSR count). The lowest BCUT2D eigenvalue weighted by atomic mass is 9.89. The van der Waals surface area contributed by atoms with Crippen molar-refractivity contribution in [1.29, 1.82) is 0 Å². The van der Waals surface area contributed by atoms with E-state index in [4.69, 9.17) is 18.6 Å². The van der Waals surface area contributed by atoms with Gasteiger partial charge in [0.25, 0.3) is 0 Å². The molecule has 15 nitrogen and oxygen atoms in total. The number of benzene rings is 2. The summed E-state index contributed by atoms with van der Waals surface area (Å²) in [5.74, 6) is -2.92. The molecule has 0 bridgehead atoms. The highest BCUT2D eigenvalue weighted by atomic mass is 16.7. The van der Waals surface area contributed by atoms with E-state index in [1.54, 1.807) is 0 Å². The summed E-state index contributed by atoms with van der Waals surface area (Å²) in [4.78, 5) is 13.1. The zero-order valence-corrected chi connectivity index (χ0v) is 21.8. The van der Waals surface area contributed by atoms with Crippen molar-refractivity contribution in [2.45, 2.75) is 68.1 Å². The van der Waals surface area contributed by atoms with Crippen molar-refractivity contribution in [3.8, 4) is 34.3 Å². The minimum Gasteiger partial charge on any atom is -0.872 e. The van der Waals surface area contributed by atoms with Gasteiger partial charge < -0.3 is 69.7 Å². The Morgan fingerprint density at radius 1 is 0.857 bits per heavy atom. The van der Waals surface area contributed by atoms with E-state index in [1.165, 1.54) is 13.0 Å². The molecule has 3 aromatic rings. The second-order valence-corrected chi connectivity index (χ2v) is 10.2. The third kappa shape index (κ3) is 5.04. The monoisotopic (exact) mass is 593 g/mol. The van der Waals surface area contributed by atoms with E-state index in [9.17, 15) is 55.9 Å². The molecule has 1 unspecified atom stereocenters. The van der Waals surface area contributed by atoms with Gasteiger partial charge in [0.05, 0.1) is 18.1 Å². The second-order valence-electron chi connectivity index (χ2n) is 10.2. The van der Waals surface area contributed by atoms with Crippen LogP contribution in [0.3, 0.4) is 0 Å². The average molecular weight is 594 g/mol. The van der Waals surface area contributed by atoms with E-state index >= 15 is 0 Å². The van der Waals surface area contributed by atoms with Crippen molar-refractivity contribution in [3.05, 3.63) is 46.1 Å². The lowest BCUT2D eigenvalue weighted by Gasteiger charge is -2.46. The van der Waals surface area contributed by atoms with Crippen LogP contribution >= 0.6 is 0 Å². The Labute approximate surface area is 236 Å². The summed E-state index contributed by atoms with van der Waals surface area (Å²) in [5.41, 5.74) is -1.67. The maximum atomic E-state index is 13.7. The Morgan fingerprint density at radius 3 is 2.24 bits per heavy atom. The molecule has 2 saturated heterocycles. The number of fused-ring (bicyclic) bond motifs is 1. The van der Waals surface area contributed by atoms with Crippen molar-refractivity contribution in [2.75, 3.05) is 6.61 Å². The minimum atomic E-state index is -1.91. The molecule has 42 heavy (non-hydrogen) atoms. The zero-order chi connectivity index (χ0) is 30.6. The van der Waals surface area contributed by atoms with Crippen LogP contribution in [0.2, 0.25) is 0 Å². The van der Waals surface area contributed by atoms with E-state index < -0.39 is 107 Å². The van der Waals surface area contributed by atoms with Gasteiger partial charge in [-0.25, -0.2) is 0 Å². The van der Waals surface area contributed by atoms with Crippen LogP contribution in [-0.2, 0) is 14.2 Å². The summed E-state index contributed by atoms with van der Waals surface area (Å²) in [7, 11) is 0. The lowest BCUT2D eigenvalue weighted by molar-refractivity contribution is -0.339. The van der Waals surface area contributed by atoms with Crippen LogP contribution in [0, 0.1) is 0 Å². The summed E-state index contributed by atoms with van der Waals surface area (Å²) in [5, 5.41) is 105. The third-order valence-corrected chi connectivity index (χ3v) is 7.50. The molecule has 3 heterocycles. The summed E-state index contributed by atoms with van der Waals surface area (Å²) in [6, 6.07) is 5.48. The topological polar surface area (TPSA) is 263 Å². The number of hydrogen-bond donors (Lipinski definition) is 9. The fourth-order valence-corrected chi connectivity index (χ4v) is 5.14. The van der Waals surface area contributed by atoms with Crippen LogP contribution in [0.4, 0.5) is 0 Å². The van der Waals surface area contributed by atoms with E-state index in [2.05, 4.69) is 0 Å². The van der Waals surface area contributed by atoms with Gasteiger partial charge in [-0.2, -0.15) is 0 Å². The largest absolute Gasteiger partial charge is 0.872 e. The fourth-order valence-electron chi connectivity index (χ4n) is 5.14. The molecule has 2 aromatic carbocycles. The normalized spacial score (nSPS) is 33.6. The van der Waals surface area contributed by atoms with Crippen molar-refractivity contribution in [2.24, 2.45) is 0 Å². The van der Waals surface area contributed by atoms with Gasteiger partial charge >= 0.3 is 0 Å². The van der Waals surface area contributed by atoms with Crippen molar-refractivity contribution in [3.63, 3.8) is 0 Å². The Hall–Kier alpha value is -3.51. The minimum absolute atomic E-state index is 0.110. The van der Waals surface area contributed by atoms with E-state index in [-0.39, 0.29) is 16.9 Å². The second kappa shape index (κ2) is 11.3. The molecule has 15 heteroatoms. The number of rotatable bonds is 5. The Morgan fingerprint density at radius 2 is 1.57 bits per heavy atom. The van der Waals surface area contributed by atoms with Crippen LogP contribution in [0.25, 0.3) is 22.3 Å². The molecule has 9 N–H and O–H groups in total. The Kier molecular flexibility index (Phi) is 8.06. The van der Waals surface area contributed by atoms with Crippen molar-refractivity contribution in [1.82, 2.24) is 0 Å². The molecule has 0 saturated carbocycles. The number of aliphatic hydroxyl groups is 6. The molecule has 0 radical (unpaired) electrons. The first-order chi connectivity index (χ1) is 19.8. The van der Waals surface area contributed by atoms with Gasteiger partial charge in [-0.3, -0.25) is 4.79 Å². The number of aromatic hydroxyl groups is 3. The summed E-state index contributed by atoms with van der Waals surface area (Å²) >= 11 is 0. The average Bonchev–Trinajstić information content (AvgIpc) is 2.94. The van der Waals surface area contributed by atoms with Gasteiger partial charge in [0.2, 0.25) is 0 Å². The molecular formula is C27H29O15-. The van der Waals surface area contributed by atoms with Crippen LogP contribution in [-0.4, -0.2) is 108 Å². The predicted molar refractivity (Wildman–Crippen MR) is 136 cm³/mol. The Balaban J connectivity index is 1.59. The highest BCUT2D eigenvalue weighted by molar-refractivity contribution is 5.88. The maximum absolute atomic E-state index is 13.7. The van der Waals surface area contributed by atoms with Crippen LogP contribution in [0.5, 0.6) is 23.0 Å². The first-order valence-electron chi connectivity index (χ1n) is 12.8. The predicted octanol–water partition coefficient (Wildman–Crippen LogP) is -1.98. The number of ether oxygens (including phenoxy) is 3. The molecule has 2 aliphatic heterocycles. The molecule has 0 spiro atoms. The fraction of sp³-hybridized carbons (Fsp3) is 0.444. The number of phenolic OH excluding ortho intramolecular Hbond substituents is 3. The molecular weight excluding hydrogens is 564 g/mol. The molecule has 2 fully saturated rings. The van der Waals surface area contributed by atoms with Crippen LogP contribution in [0.15, 0.2) is 39.5 Å². The summed E-state index contributed by atoms with van der Waals surface area (Å²) < 4.78 is 22.4. The summed E-state index contributed by atoms with van der Waals surface area (Å²) in [6.07, 6.45) is -16.5.